The molecule has 29 heavy (non-hydrogen) atoms. The van der Waals surface area contributed by atoms with E-state index in [1.54, 1.807) is 0 Å². The Bertz CT molecular complexity index is 1130. The minimum Gasteiger partial charge on any atom is -0.489 e. The van der Waals surface area contributed by atoms with Gasteiger partial charge in [-0.15, -0.1) is 0 Å². The van der Waals surface area contributed by atoms with Gasteiger partial charge >= 0.3 is 5.63 Å². The van der Waals surface area contributed by atoms with Crippen molar-refractivity contribution in [2.24, 2.45) is 11.0 Å². The summed E-state index contributed by atoms with van der Waals surface area (Å²) < 4.78 is 18.3. The molecule has 0 unspecified atom stereocenters. The van der Waals surface area contributed by atoms with Gasteiger partial charge in [-0.3, -0.25) is 0 Å². The molecule has 1 aromatic carbocycles. The van der Waals surface area contributed by atoms with E-state index in [0.29, 0.717) is 29.1 Å². The summed E-state index contributed by atoms with van der Waals surface area (Å²) in [7, 11) is 0. The molecule has 2 aliphatic heterocycles. The summed E-state index contributed by atoms with van der Waals surface area (Å²) in [5, 5.41) is 4.83. The summed E-state index contributed by atoms with van der Waals surface area (Å²) >= 11 is 0. The molecule has 0 bridgehead atoms. The van der Waals surface area contributed by atoms with Crippen LogP contribution in [0.2, 0.25) is 0 Å². The normalized spacial score (nSPS) is 24.1. The molecule has 3 heterocycles. The van der Waals surface area contributed by atoms with Crippen LogP contribution < -0.4 is 15.1 Å². The fourth-order valence-electron chi connectivity index (χ4n) is 4.20. The third-order valence-corrected chi connectivity index (χ3v) is 5.80. The topological polar surface area (TPSA) is 97.4 Å². The van der Waals surface area contributed by atoms with Crippen LogP contribution in [0.4, 0.5) is 0 Å². The van der Waals surface area contributed by atoms with Crippen molar-refractivity contribution >= 4 is 17.0 Å². The van der Waals surface area contributed by atoms with Crippen LogP contribution in [0.1, 0.15) is 63.8 Å². The third kappa shape index (κ3) is 3.06. The second kappa shape index (κ2) is 6.85. The molecule has 0 spiro atoms. The molecule has 0 aliphatic carbocycles. The standard InChI is InChI=1S/C22H25N3O4/c1-6-7-13-10-15(26)28-21-16(13)20-14(8-9-22(4,5)29-20)19-17(21)18(24-25-23)11(2)12(3)27-19/h8-12,18H,6-7H2,1-5H3/t11-,12-,18-/m0/s1. The van der Waals surface area contributed by atoms with Gasteiger partial charge in [-0.1, -0.05) is 25.4 Å². The minimum atomic E-state index is -0.508. The van der Waals surface area contributed by atoms with E-state index in [4.69, 9.17) is 13.9 Å². The molecule has 4 rings (SSSR count). The monoisotopic (exact) mass is 395 g/mol. The summed E-state index contributed by atoms with van der Waals surface area (Å²) in [5.41, 5.74) is 11.0. The van der Waals surface area contributed by atoms with Crippen LogP contribution in [0, 0.1) is 5.92 Å². The van der Waals surface area contributed by atoms with Gasteiger partial charge in [0.25, 0.3) is 0 Å². The second-order valence-electron chi connectivity index (χ2n) is 8.40. The van der Waals surface area contributed by atoms with Crippen molar-refractivity contribution in [2.45, 2.75) is 65.2 Å². The van der Waals surface area contributed by atoms with E-state index in [-0.39, 0.29) is 12.0 Å². The Morgan fingerprint density at radius 3 is 2.72 bits per heavy atom. The van der Waals surface area contributed by atoms with Crippen LogP contribution in [-0.2, 0) is 6.42 Å². The zero-order chi connectivity index (χ0) is 20.9. The Morgan fingerprint density at radius 1 is 1.28 bits per heavy atom. The first kappa shape index (κ1) is 19.4. The molecular formula is C22H25N3O4. The Kier molecular flexibility index (Phi) is 4.58. The highest BCUT2D eigenvalue weighted by molar-refractivity contribution is 5.97. The maximum absolute atomic E-state index is 12.4. The van der Waals surface area contributed by atoms with E-state index < -0.39 is 17.3 Å². The van der Waals surface area contributed by atoms with Gasteiger partial charge in [-0.25, -0.2) is 4.79 Å². The molecule has 7 heteroatoms. The molecular weight excluding hydrogens is 370 g/mol. The number of aryl methyl sites for hydroxylation is 1. The highest BCUT2D eigenvalue weighted by atomic mass is 16.5. The SMILES string of the molecule is CCCc1cc(=O)oc2c3c(c4c(c12)OC(C)(C)C=C4)O[C@@H](C)[C@H](C)[C@@H]3N=[N+]=[N-]. The van der Waals surface area contributed by atoms with Gasteiger partial charge in [0, 0.05) is 22.5 Å². The van der Waals surface area contributed by atoms with Crippen molar-refractivity contribution in [1.29, 1.82) is 0 Å². The summed E-state index contributed by atoms with van der Waals surface area (Å²) in [6.45, 7) is 9.94. The van der Waals surface area contributed by atoms with Crippen molar-refractivity contribution in [1.82, 2.24) is 0 Å². The van der Waals surface area contributed by atoms with E-state index in [1.807, 2.05) is 39.8 Å². The highest BCUT2D eigenvalue weighted by Crippen LogP contribution is 2.53. The number of hydrogen-bond acceptors (Lipinski definition) is 5. The van der Waals surface area contributed by atoms with Crippen molar-refractivity contribution < 1.29 is 13.9 Å². The maximum atomic E-state index is 12.4. The van der Waals surface area contributed by atoms with E-state index in [0.717, 1.165) is 22.9 Å². The molecule has 0 saturated heterocycles. The van der Waals surface area contributed by atoms with E-state index in [9.17, 15) is 10.3 Å². The summed E-state index contributed by atoms with van der Waals surface area (Å²) in [5.74, 6) is 1.14. The predicted molar refractivity (Wildman–Crippen MR) is 111 cm³/mol. The van der Waals surface area contributed by atoms with Gasteiger partial charge in [0.05, 0.1) is 23.1 Å². The molecule has 2 aliphatic rings. The largest absolute Gasteiger partial charge is 0.489 e. The number of rotatable bonds is 3. The summed E-state index contributed by atoms with van der Waals surface area (Å²) in [6, 6.07) is 1.03. The van der Waals surface area contributed by atoms with Crippen LogP contribution in [-0.4, -0.2) is 11.7 Å². The lowest BCUT2D eigenvalue weighted by atomic mass is 9.83. The van der Waals surface area contributed by atoms with Crippen LogP contribution in [0.3, 0.4) is 0 Å². The molecule has 0 saturated carbocycles. The smallest absolute Gasteiger partial charge is 0.336 e. The van der Waals surface area contributed by atoms with Crippen molar-refractivity contribution in [3.05, 3.63) is 49.7 Å². The van der Waals surface area contributed by atoms with Crippen molar-refractivity contribution in [3.63, 3.8) is 0 Å². The van der Waals surface area contributed by atoms with Gasteiger partial charge in [0.1, 0.15) is 22.7 Å². The van der Waals surface area contributed by atoms with Crippen LogP contribution in [0.15, 0.2) is 26.5 Å². The van der Waals surface area contributed by atoms with E-state index in [1.165, 1.54) is 6.07 Å². The van der Waals surface area contributed by atoms with Gasteiger partial charge < -0.3 is 13.9 Å². The molecule has 0 fully saturated rings. The van der Waals surface area contributed by atoms with Crippen LogP contribution in [0.5, 0.6) is 11.5 Å². The predicted octanol–water partition coefficient (Wildman–Crippen LogP) is 5.70. The third-order valence-electron chi connectivity index (χ3n) is 5.80. The Balaban J connectivity index is 2.20. The van der Waals surface area contributed by atoms with E-state index >= 15 is 0 Å². The number of azide groups is 1. The van der Waals surface area contributed by atoms with Crippen LogP contribution >= 0.6 is 0 Å². The number of fused-ring (bicyclic) bond motifs is 6. The average molecular weight is 395 g/mol. The van der Waals surface area contributed by atoms with Crippen molar-refractivity contribution in [3.8, 4) is 11.5 Å². The second-order valence-corrected chi connectivity index (χ2v) is 8.40. The zero-order valence-corrected chi connectivity index (χ0v) is 17.4. The molecule has 7 nitrogen and oxygen atoms in total. The van der Waals surface area contributed by atoms with Crippen molar-refractivity contribution in [2.75, 3.05) is 0 Å². The number of ether oxygens (including phenoxy) is 2. The van der Waals surface area contributed by atoms with Crippen LogP contribution in [0.25, 0.3) is 27.5 Å². The fourth-order valence-corrected chi connectivity index (χ4v) is 4.20. The van der Waals surface area contributed by atoms with Gasteiger partial charge in [-0.2, -0.15) is 0 Å². The molecule has 3 atom stereocenters. The lowest BCUT2D eigenvalue weighted by Crippen LogP contribution is -2.33. The minimum absolute atomic E-state index is 0.0790. The number of benzene rings is 1. The van der Waals surface area contributed by atoms with Gasteiger partial charge in [-0.05, 0) is 50.4 Å². The summed E-state index contributed by atoms with van der Waals surface area (Å²) in [6.07, 6.45) is 5.38. The number of nitrogens with zero attached hydrogens (tertiary/aromatic N) is 3. The molecule has 152 valence electrons. The molecule has 0 radical (unpaired) electrons. The average Bonchev–Trinajstić information content (AvgIpc) is 2.64. The zero-order valence-electron chi connectivity index (χ0n) is 17.4. The first-order valence-electron chi connectivity index (χ1n) is 10.0. The fraction of sp³-hybridized carbons (Fsp3) is 0.500. The van der Waals surface area contributed by atoms with Gasteiger partial charge in [0.2, 0.25) is 0 Å². The lowest BCUT2D eigenvalue weighted by Gasteiger charge is -2.38. The molecule has 2 aromatic rings. The quantitative estimate of drug-likeness (QED) is 0.288. The maximum Gasteiger partial charge on any atom is 0.336 e. The lowest BCUT2D eigenvalue weighted by molar-refractivity contribution is 0.116. The molecule has 0 amide bonds. The van der Waals surface area contributed by atoms with E-state index in [2.05, 4.69) is 16.9 Å². The first-order valence-corrected chi connectivity index (χ1v) is 10.0. The Hall–Kier alpha value is -2.92. The number of hydrogen-bond donors (Lipinski definition) is 0. The first-order chi connectivity index (χ1) is 13.8. The van der Waals surface area contributed by atoms with Gasteiger partial charge in [0.15, 0.2) is 0 Å². The summed E-state index contributed by atoms with van der Waals surface area (Å²) in [4.78, 5) is 15.5. The Labute approximate surface area is 168 Å². The molecule has 1 aromatic heterocycles. The molecule has 0 N–H and O–H groups in total. The Morgan fingerprint density at radius 2 is 2.03 bits per heavy atom. The highest BCUT2D eigenvalue weighted by Gasteiger charge is 2.40.